The van der Waals surface area contributed by atoms with Gasteiger partial charge in [-0.15, -0.1) is 0 Å². The molecule has 0 aliphatic rings. The molecule has 0 aromatic heterocycles. The number of aromatic carboxylic acids is 1. The first kappa shape index (κ1) is 20.8. The molecule has 31 heavy (non-hydrogen) atoms. The van der Waals surface area contributed by atoms with Crippen molar-refractivity contribution in [3.05, 3.63) is 108 Å². The molecule has 0 heterocycles. The van der Waals surface area contributed by atoms with E-state index in [4.69, 9.17) is 0 Å². The number of anilines is 2. The molecule has 0 amide bonds. The summed E-state index contributed by atoms with van der Waals surface area (Å²) >= 11 is -2.27. The highest BCUT2D eigenvalue weighted by Crippen LogP contribution is 2.35. The summed E-state index contributed by atoms with van der Waals surface area (Å²) in [6, 6.07) is 27.8. The van der Waals surface area contributed by atoms with Crippen molar-refractivity contribution in [2.24, 2.45) is 0 Å². The minimum Gasteiger partial charge on any atom is -0.478 e. The van der Waals surface area contributed by atoms with Gasteiger partial charge in [-0.2, -0.15) is 0 Å². The molecule has 156 valence electrons. The Morgan fingerprint density at radius 3 is 2.29 bits per heavy atom. The first-order valence-electron chi connectivity index (χ1n) is 9.83. The molecule has 0 radical (unpaired) electrons. The van der Waals surface area contributed by atoms with E-state index in [1.165, 1.54) is 4.31 Å². The van der Waals surface area contributed by atoms with E-state index in [0.29, 0.717) is 24.2 Å². The van der Waals surface area contributed by atoms with Crippen LogP contribution in [0, 0.1) is 0 Å². The molecule has 0 fully saturated rings. The van der Waals surface area contributed by atoms with Gasteiger partial charge in [-0.1, -0.05) is 66.7 Å². The van der Waals surface area contributed by atoms with Gasteiger partial charge in [0.2, 0.25) is 0 Å². The van der Waals surface area contributed by atoms with Crippen molar-refractivity contribution < 1.29 is 18.7 Å². The van der Waals surface area contributed by atoms with Crippen molar-refractivity contribution in [2.75, 3.05) is 4.31 Å². The average molecular weight is 432 g/mol. The molecule has 2 N–H and O–H groups in total. The summed E-state index contributed by atoms with van der Waals surface area (Å²) in [5.41, 5.74) is 3.35. The first-order chi connectivity index (χ1) is 15.0. The van der Waals surface area contributed by atoms with Crippen molar-refractivity contribution in [3.8, 4) is 0 Å². The third kappa shape index (κ3) is 4.50. The molecule has 4 aromatic rings. The summed E-state index contributed by atoms with van der Waals surface area (Å²) in [5, 5.41) is 11.1. The Balaban J connectivity index is 1.71. The van der Waals surface area contributed by atoms with Crippen LogP contribution in [0.4, 0.5) is 11.4 Å². The maximum atomic E-state index is 12.5. The summed E-state index contributed by atoms with van der Waals surface area (Å²) in [6.45, 7) is 0. The van der Waals surface area contributed by atoms with Crippen LogP contribution in [-0.2, 0) is 24.1 Å². The van der Waals surface area contributed by atoms with Crippen LogP contribution in [0.3, 0.4) is 0 Å². The number of fused-ring (bicyclic) bond motifs is 1. The number of carbonyl (C=O) groups is 1. The average Bonchev–Trinajstić information content (AvgIpc) is 2.79. The monoisotopic (exact) mass is 431 g/mol. The number of hydrogen-bond donors (Lipinski definition) is 2. The third-order valence-corrected chi connectivity index (χ3v) is 5.91. The van der Waals surface area contributed by atoms with E-state index in [1.54, 1.807) is 18.2 Å². The van der Waals surface area contributed by atoms with Crippen LogP contribution in [0.25, 0.3) is 10.8 Å². The van der Waals surface area contributed by atoms with Crippen LogP contribution in [0.2, 0.25) is 0 Å². The normalized spacial score (nSPS) is 11.9. The Morgan fingerprint density at radius 2 is 1.48 bits per heavy atom. The molecule has 0 aliphatic carbocycles. The van der Waals surface area contributed by atoms with Crippen LogP contribution in [-0.4, -0.2) is 19.8 Å². The van der Waals surface area contributed by atoms with Gasteiger partial charge in [-0.05, 0) is 53.6 Å². The number of carboxylic acids is 1. The van der Waals surface area contributed by atoms with E-state index < -0.39 is 17.2 Å². The number of rotatable bonds is 7. The number of aryl methyl sites for hydroxylation is 2. The summed E-state index contributed by atoms with van der Waals surface area (Å²) < 4.78 is 24.1. The minimum absolute atomic E-state index is 0.250. The summed E-state index contributed by atoms with van der Waals surface area (Å²) in [7, 11) is 0. The minimum atomic E-state index is -2.27. The van der Waals surface area contributed by atoms with E-state index in [0.717, 1.165) is 21.9 Å². The van der Waals surface area contributed by atoms with E-state index in [9.17, 15) is 18.7 Å². The lowest BCUT2D eigenvalue weighted by atomic mass is 10.0. The molecule has 6 heteroatoms. The second-order valence-corrected chi connectivity index (χ2v) is 7.98. The molecule has 0 spiro atoms. The Kier molecular flexibility index (Phi) is 6.11. The largest absolute Gasteiger partial charge is 0.478 e. The van der Waals surface area contributed by atoms with Crippen molar-refractivity contribution in [3.63, 3.8) is 0 Å². The quantitative estimate of drug-likeness (QED) is 0.374. The number of carboxylic acid groups (broad SMARTS) is 1. The molecular weight excluding hydrogens is 410 g/mol. The van der Waals surface area contributed by atoms with Gasteiger partial charge in [0.1, 0.15) is 0 Å². The van der Waals surface area contributed by atoms with Crippen LogP contribution in [0.5, 0.6) is 0 Å². The molecule has 4 rings (SSSR count). The summed E-state index contributed by atoms with van der Waals surface area (Å²) in [5.74, 6) is -0.958. The van der Waals surface area contributed by atoms with Crippen molar-refractivity contribution in [1.29, 1.82) is 0 Å². The van der Waals surface area contributed by atoms with Crippen LogP contribution >= 0.6 is 0 Å². The van der Waals surface area contributed by atoms with Gasteiger partial charge in [0.15, 0.2) is 0 Å². The van der Waals surface area contributed by atoms with Crippen LogP contribution in [0.1, 0.15) is 21.5 Å². The van der Waals surface area contributed by atoms with Gasteiger partial charge in [0.05, 0.1) is 16.9 Å². The standard InChI is InChI=1S/C25H21NO4S/c27-25(28)21-11-5-7-18(17-21)15-16-20-9-2-4-13-23(20)26(31(29)30)24-14-6-10-19-8-1-3-12-22(19)24/h1-14,17H,15-16H2,(H,27,28)(H,29,30). The fourth-order valence-corrected chi connectivity index (χ4v) is 4.42. The molecule has 0 aliphatic heterocycles. The van der Waals surface area contributed by atoms with Crippen LogP contribution in [0.15, 0.2) is 91.0 Å². The molecule has 4 aromatic carbocycles. The van der Waals surface area contributed by atoms with Gasteiger partial charge in [-0.25, -0.2) is 13.3 Å². The summed E-state index contributed by atoms with van der Waals surface area (Å²) in [6.07, 6.45) is 1.21. The zero-order valence-corrected chi connectivity index (χ0v) is 17.5. The number of hydrogen-bond acceptors (Lipinski definition) is 2. The fourth-order valence-electron chi connectivity index (χ4n) is 3.74. The molecule has 5 nitrogen and oxygen atoms in total. The van der Waals surface area contributed by atoms with Crippen molar-refractivity contribution >= 4 is 39.4 Å². The predicted molar refractivity (Wildman–Crippen MR) is 124 cm³/mol. The summed E-state index contributed by atoms with van der Waals surface area (Å²) in [4.78, 5) is 11.2. The smallest absolute Gasteiger partial charge is 0.335 e. The molecule has 0 bridgehead atoms. The zero-order valence-electron chi connectivity index (χ0n) is 16.6. The maximum absolute atomic E-state index is 12.5. The number of para-hydroxylation sites is 1. The lowest BCUT2D eigenvalue weighted by Crippen LogP contribution is -2.21. The number of benzene rings is 4. The predicted octanol–water partition coefficient (Wildman–Crippen LogP) is 5.60. The third-order valence-electron chi connectivity index (χ3n) is 5.21. The van der Waals surface area contributed by atoms with E-state index >= 15 is 0 Å². The number of nitrogens with zero attached hydrogens (tertiary/aromatic N) is 1. The van der Waals surface area contributed by atoms with E-state index in [-0.39, 0.29) is 5.56 Å². The fraction of sp³-hybridized carbons (Fsp3) is 0.0800. The van der Waals surface area contributed by atoms with Gasteiger partial charge in [0.25, 0.3) is 11.3 Å². The lowest BCUT2D eigenvalue weighted by Gasteiger charge is -2.24. The van der Waals surface area contributed by atoms with Crippen molar-refractivity contribution in [2.45, 2.75) is 12.8 Å². The highest BCUT2D eigenvalue weighted by molar-refractivity contribution is 7.81. The topological polar surface area (TPSA) is 77.8 Å². The van der Waals surface area contributed by atoms with Crippen molar-refractivity contribution in [1.82, 2.24) is 0 Å². The lowest BCUT2D eigenvalue weighted by molar-refractivity contribution is 0.0696. The van der Waals surface area contributed by atoms with Gasteiger partial charge in [0, 0.05) is 5.39 Å². The Hall–Kier alpha value is -3.48. The van der Waals surface area contributed by atoms with Gasteiger partial charge < -0.3 is 5.11 Å². The SMILES string of the molecule is O=C(O)c1cccc(CCc2ccccc2N(c2cccc3ccccc23)S(=O)O)c1. The van der Waals surface area contributed by atoms with Gasteiger partial charge >= 0.3 is 5.97 Å². The maximum Gasteiger partial charge on any atom is 0.335 e. The zero-order chi connectivity index (χ0) is 21.8. The Bertz CT molecular complexity index is 1270. The first-order valence-corrected chi connectivity index (χ1v) is 10.9. The van der Waals surface area contributed by atoms with E-state index in [2.05, 4.69) is 0 Å². The molecule has 0 saturated heterocycles. The second kappa shape index (κ2) is 9.12. The Morgan fingerprint density at radius 1 is 0.806 bits per heavy atom. The second-order valence-electron chi connectivity index (χ2n) is 7.16. The molecular formula is C25H21NO4S. The Labute approximate surface area is 183 Å². The molecule has 1 atom stereocenters. The van der Waals surface area contributed by atoms with E-state index in [1.807, 2.05) is 72.8 Å². The molecule has 0 saturated carbocycles. The molecule has 1 unspecified atom stereocenters. The van der Waals surface area contributed by atoms with Crippen LogP contribution < -0.4 is 4.31 Å². The van der Waals surface area contributed by atoms with Gasteiger partial charge in [-0.3, -0.25) is 4.55 Å². The highest BCUT2D eigenvalue weighted by Gasteiger charge is 2.20. The highest BCUT2D eigenvalue weighted by atomic mass is 32.2.